The van der Waals surface area contributed by atoms with Crippen molar-refractivity contribution in [3.63, 3.8) is 0 Å². The number of hydrogen-bond donors (Lipinski definition) is 1. The van der Waals surface area contributed by atoms with Crippen LogP contribution in [0.2, 0.25) is 0 Å². The van der Waals surface area contributed by atoms with Crippen LogP contribution in [0.5, 0.6) is 0 Å². The second-order valence-corrected chi connectivity index (χ2v) is 5.78. The van der Waals surface area contributed by atoms with Gasteiger partial charge in [-0.15, -0.1) is 11.3 Å². The van der Waals surface area contributed by atoms with E-state index in [0.29, 0.717) is 24.4 Å². The maximum absolute atomic E-state index is 12.3. The highest BCUT2D eigenvalue weighted by Gasteiger charge is 2.30. The number of thiazole rings is 1. The number of aromatic nitrogens is 1. The molecule has 2 rings (SSSR count). The zero-order valence-electron chi connectivity index (χ0n) is 10.5. The fraction of sp³-hybridized carbons (Fsp3) is 0.583. The number of piperidine rings is 1. The largest absolute Gasteiger partial charge is 0.481 e. The minimum Gasteiger partial charge on any atom is -0.481 e. The molecule has 2 heterocycles. The summed E-state index contributed by atoms with van der Waals surface area (Å²) in [5.74, 6) is -1.33. The van der Waals surface area contributed by atoms with Crippen molar-refractivity contribution in [2.75, 3.05) is 13.1 Å². The molecule has 18 heavy (non-hydrogen) atoms. The second kappa shape index (κ2) is 5.06. The number of rotatable bonds is 2. The second-order valence-electron chi connectivity index (χ2n) is 4.58. The van der Waals surface area contributed by atoms with Gasteiger partial charge in [-0.3, -0.25) is 9.59 Å². The molecular formula is C12H16N2O3S. The summed E-state index contributed by atoms with van der Waals surface area (Å²) >= 11 is 1.38. The van der Waals surface area contributed by atoms with Crippen LogP contribution in [-0.2, 0) is 4.79 Å². The molecule has 1 saturated heterocycles. The number of likely N-dealkylation sites (tertiary alicyclic amines) is 1. The maximum atomic E-state index is 12.3. The van der Waals surface area contributed by atoms with Crippen LogP contribution in [0, 0.1) is 19.8 Å². The van der Waals surface area contributed by atoms with Gasteiger partial charge in [0.15, 0.2) is 0 Å². The van der Waals surface area contributed by atoms with Crippen molar-refractivity contribution < 1.29 is 14.7 Å². The molecule has 0 radical (unpaired) electrons. The standard InChI is InChI=1S/C12H16N2O3S/c1-7-10(18-8(2)13-7)11(15)14-5-3-4-9(6-14)12(16)17/h9H,3-6H2,1-2H3,(H,16,17)/t9-/m1/s1. The predicted molar refractivity (Wildman–Crippen MR) is 67.9 cm³/mol. The number of carboxylic acids is 1. The van der Waals surface area contributed by atoms with E-state index in [0.717, 1.165) is 17.1 Å². The van der Waals surface area contributed by atoms with Gasteiger partial charge in [0.05, 0.1) is 16.6 Å². The smallest absolute Gasteiger partial charge is 0.308 e. The number of hydrogen-bond acceptors (Lipinski definition) is 4. The molecule has 1 aliphatic rings. The van der Waals surface area contributed by atoms with Gasteiger partial charge in [-0.1, -0.05) is 0 Å². The molecular weight excluding hydrogens is 252 g/mol. The molecule has 0 saturated carbocycles. The summed E-state index contributed by atoms with van der Waals surface area (Å²) < 4.78 is 0. The monoisotopic (exact) mass is 268 g/mol. The predicted octanol–water partition coefficient (Wildman–Crippen LogP) is 1.70. The fourth-order valence-electron chi connectivity index (χ4n) is 2.24. The van der Waals surface area contributed by atoms with Crippen LogP contribution in [0.15, 0.2) is 0 Å². The van der Waals surface area contributed by atoms with E-state index < -0.39 is 11.9 Å². The molecule has 0 bridgehead atoms. The molecule has 1 N–H and O–H groups in total. The van der Waals surface area contributed by atoms with Crippen LogP contribution in [0.4, 0.5) is 0 Å². The van der Waals surface area contributed by atoms with E-state index in [4.69, 9.17) is 5.11 Å². The normalized spacial score (nSPS) is 19.9. The Balaban J connectivity index is 2.14. The van der Waals surface area contributed by atoms with Crippen molar-refractivity contribution in [3.05, 3.63) is 15.6 Å². The average Bonchev–Trinajstić information content (AvgIpc) is 2.67. The SMILES string of the molecule is Cc1nc(C)c(C(=O)N2CCC[C@@H](C(=O)O)C2)s1. The van der Waals surface area contributed by atoms with Gasteiger partial charge < -0.3 is 10.0 Å². The van der Waals surface area contributed by atoms with Gasteiger partial charge in [0.2, 0.25) is 0 Å². The van der Waals surface area contributed by atoms with Gasteiger partial charge in [-0.05, 0) is 26.7 Å². The Morgan fingerprint density at radius 1 is 1.44 bits per heavy atom. The van der Waals surface area contributed by atoms with Crippen molar-refractivity contribution in [3.8, 4) is 0 Å². The summed E-state index contributed by atoms with van der Waals surface area (Å²) in [5.41, 5.74) is 0.736. The Morgan fingerprint density at radius 2 is 2.17 bits per heavy atom. The minimum atomic E-state index is -0.815. The van der Waals surface area contributed by atoms with Crippen LogP contribution in [0.3, 0.4) is 0 Å². The first-order chi connectivity index (χ1) is 8.49. The Hall–Kier alpha value is -1.43. The summed E-state index contributed by atoms with van der Waals surface area (Å²) in [4.78, 5) is 29.8. The molecule has 0 aliphatic carbocycles. The average molecular weight is 268 g/mol. The lowest BCUT2D eigenvalue weighted by molar-refractivity contribution is -0.143. The van der Waals surface area contributed by atoms with Gasteiger partial charge in [-0.2, -0.15) is 0 Å². The highest BCUT2D eigenvalue weighted by molar-refractivity contribution is 7.13. The first-order valence-electron chi connectivity index (χ1n) is 5.95. The molecule has 1 fully saturated rings. The number of aryl methyl sites for hydroxylation is 2. The number of carbonyl (C=O) groups excluding carboxylic acids is 1. The van der Waals surface area contributed by atoms with E-state index in [-0.39, 0.29) is 5.91 Å². The quantitative estimate of drug-likeness (QED) is 0.886. The van der Waals surface area contributed by atoms with E-state index in [1.165, 1.54) is 11.3 Å². The highest BCUT2D eigenvalue weighted by atomic mass is 32.1. The summed E-state index contributed by atoms with van der Waals surface area (Å²) in [7, 11) is 0. The van der Waals surface area contributed by atoms with Crippen molar-refractivity contribution in [2.24, 2.45) is 5.92 Å². The third-order valence-corrected chi connectivity index (χ3v) is 4.22. The molecule has 0 spiro atoms. The molecule has 1 aliphatic heterocycles. The van der Waals surface area contributed by atoms with Crippen molar-refractivity contribution in [2.45, 2.75) is 26.7 Å². The van der Waals surface area contributed by atoms with Gasteiger partial charge in [0, 0.05) is 13.1 Å². The fourth-order valence-corrected chi connectivity index (χ4v) is 3.12. The Bertz CT molecular complexity index is 484. The Morgan fingerprint density at radius 3 is 2.72 bits per heavy atom. The van der Waals surface area contributed by atoms with Crippen LogP contribution >= 0.6 is 11.3 Å². The third-order valence-electron chi connectivity index (χ3n) is 3.16. The number of carbonyl (C=O) groups is 2. The first-order valence-corrected chi connectivity index (χ1v) is 6.77. The summed E-state index contributed by atoms with van der Waals surface area (Å²) in [6, 6.07) is 0. The molecule has 1 aromatic rings. The van der Waals surface area contributed by atoms with Gasteiger partial charge in [-0.25, -0.2) is 4.98 Å². The van der Waals surface area contributed by atoms with Gasteiger partial charge in [0.25, 0.3) is 5.91 Å². The summed E-state index contributed by atoms with van der Waals surface area (Å²) in [6.45, 7) is 4.63. The topological polar surface area (TPSA) is 70.5 Å². The van der Waals surface area contributed by atoms with E-state index in [9.17, 15) is 9.59 Å². The molecule has 1 amide bonds. The number of carboxylic acid groups (broad SMARTS) is 1. The highest BCUT2D eigenvalue weighted by Crippen LogP contribution is 2.23. The number of nitrogens with zero attached hydrogens (tertiary/aromatic N) is 2. The zero-order chi connectivity index (χ0) is 13.3. The van der Waals surface area contributed by atoms with Crippen molar-refractivity contribution >= 4 is 23.2 Å². The van der Waals surface area contributed by atoms with Crippen LogP contribution < -0.4 is 0 Å². The lowest BCUT2D eigenvalue weighted by Crippen LogP contribution is -2.42. The lowest BCUT2D eigenvalue weighted by Gasteiger charge is -2.30. The van der Waals surface area contributed by atoms with E-state index in [1.807, 2.05) is 13.8 Å². The van der Waals surface area contributed by atoms with Crippen molar-refractivity contribution in [1.82, 2.24) is 9.88 Å². The first kappa shape index (κ1) is 13.0. The summed E-state index contributed by atoms with van der Waals surface area (Å²) in [5, 5.41) is 9.88. The molecule has 6 heteroatoms. The third kappa shape index (κ3) is 2.53. The van der Waals surface area contributed by atoms with E-state index >= 15 is 0 Å². The molecule has 0 aromatic carbocycles. The zero-order valence-corrected chi connectivity index (χ0v) is 11.3. The molecule has 1 aromatic heterocycles. The molecule has 5 nitrogen and oxygen atoms in total. The van der Waals surface area contributed by atoms with Crippen molar-refractivity contribution in [1.29, 1.82) is 0 Å². The van der Waals surface area contributed by atoms with E-state index in [2.05, 4.69) is 4.98 Å². The van der Waals surface area contributed by atoms with Crippen LogP contribution in [-0.4, -0.2) is 40.0 Å². The van der Waals surface area contributed by atoms with Gasteiger partial charge >= 0.3 is 5.97 Å². The van der Waals surface area contributed by atoms with Crippen LogP contribution in [0.1, 0.15) is 33.2 Å². The lowest BCUT2D eigenvalue weighted by atomic mass is 9.98. The van der Waals surface area contributed by atoms with Gasteiger partial charge in [0.1, 0.15) is 4.88 Å². The van der Waals surface area contributed by atoms with Crippen LogP contribution in [0.25, 0.3) is 0 Å². The molecule has 98 valence electrons. The Kier molecular flexibility index (Phi) is 3.65. The maximum Gasteiger partial charge on any atom is 0.308 e. The molecule has 1 atom stereocenters. The summed E-state index contributed by atoms with van der Waals surface area (Å²) in [6.07, 6.45) is 1.40. The minimum absolute atomic E-state index is 0.0796. The number of aliphatic carboxylic acids is 1. The Labute approximate surface area is 109 Å². The molecule has 0 unspecified atom stereocenters. The van der Waals surface area contributed by atoms with E-state index in [1.54, 1.807) is 4.90 Å². The number of amides is 1.